The minimum absolute atomic E-state index is 0.00940. The molecule has 1 aromatic rings. The molecule has 3 amide bonds. The molecule has 0 aromatic heterocycles. The summed E-state index contributed by atoms with van der Waals surface area (Å²) in [5.74, 6) is -0.247. The maximum atomic E-state index is 14.8. The highest BCUT2D eigenvalue weighted by Gasteiger charge is 2.42. The minimum Gasteiger partial charge on any atom is -0.390 e. The van der Waals surface area contributed by atoms with Gasteiger partial charge in [0.05, 0.1) is 37.9 Å². The van der Waals surface area contributed by atoms with Crippen molar-refractivity contribution in [2.75, 3.05) is 32.8 Å². The van der Waals surface area contributed by atoms with Crippen molar-refractivity contribution in [3.8, 4) is 0 Å². The lowest BCUT2D eigenvalue weighted by Crippen LogP contribution is -2.55. The fourth-order valence-electron chi connectivity index (χ4n) is 7.23. The van der Waals surface area contributed by atoms with E-state index in [1.807, 2.05) is 56.0 Å². The lowest BCUT2D eigenvalue weighted by Gasteiger charge is -2.44. The van der Waals surface area contributed by atoms with Crippen molar-refractivity contribution in [2.45, 2.75) is 116 Å². The SMILES string of the molecule is CC(C)C[C@H](O)[C@H](O)[C@H](CC1CCCCC1)N(C(=O)[C@@H](CC(=O)NCC(=O)N1CCOCC1)CC1CC1)[C@@H](C)c1ccccc1. The molecule has 1 aliphatic heterocycles. The lowest BCUT2D eigenvalue weighted by molar-refractivity contribution is -0.150. The number of morpholine rings is 1. The highest BCUT2D eigenvalue weighted by Crippen LogP contribution is 2.40. The van der Waals surface area contributed by atoms with Gasteiger partial charge < -0.3 is 30.1 Å². The van der Waals surface area contributed by atoms with Gasteiger partial charge in [-0.3, -0.25) is 14.4 Å². The Labute approximate surface area is 270 Å². The molecular weight excluding hydrogens is 570 g/mol. The van der Waals surface area contributed by atoms with Crippen molar-refractivity contribution >= 4 is 17.7 Å². The molecule has 0 bridgehead atoms. The van der Waals surface area contributed by atoms with Crippen LogP contribution in [0.1, 0.15) is 103 Å². The van der Waals surface area contributed by atoms with Crippen molar-refractivity contribution in [3.63, 3.8) is 0 Å². The molecule has 0 radical (unpaired) electrons. The first-order chi connectivity index (χ1) is 21.6. The average molecular weight is 628 g/mol. The molecule has 3 N–H and O–H groups in total. The van der Waals surface area contributed by atoms with Gasteiger partial charge in [-0.2, -0.15) is 0 Å². The third kappa shape index (κ3) is 10.8. The maximum Gasteiger partial charge on any atom is 0.242 e. The largest absolute Gasteiger partial charge is 0.390 e. The van der Waals surface area contributed by atoms with Crippen molar-refractivity contribution in [2.24, 2.45) is 23.7 Å². The third-order valence-corrected chi connectivity index (χ3v) is 10.0. The molecule has 3 aliphatic rings. The van der Waals surface area contributed by atoms with Crippen LogP contribution in [0.3, 0.4) is 0 Å². The summed E-state index contributed by atoms with van der Waals surface area (Å²) in [6.07, 6.45) is 7.24. The second-order valence-electron chi connectivity index (χ2n) is 14.2. The number of nitrogens with zero attached hydrogens (tertiary/aromatic N) is 2. The quantitative estimate of drug-likeness (QED) is 0.249. The second-order valence-corrected chi connectivity index (χ2v) is 14.2. The van der Waals surface area contributed by atoms with Crippen LogP contribution in [-0.2, 0) is 19.1 Å². The Morgan fingerprint density at radius 1 is 0.933 bits per heavy atom. The second kappa shape index (κ2) is 17.4. The number of carbonyl (C=O) groups excluding carboxylic acids is 3. The summed E-state index contributed by atoms with van der Waals surface area (Å²) in [6.45, 7) is 7.95. The van der Waals surface area contributed by atoms with Crippen molar-refractivity contribution in [1.29, 1.82) is 0 Å². The number of benzene rings is 1. The van der Waals surface area contributed by atoms with Gasteiger partial charge in [-0.05, 0) is 49.5 Å². The molecule has 2 saturated carbocycles. The molecule has 45 heavy (non-hydrogen) atoms. The molecular formula is C36H57N3O6. The Morgan fingerprint density at radius 2 is 1.58 bits per heavy atom. The zero-order chi connectivity index (χ0) is 32.3. The summed E-state index contributed by atoms with van der Waals surface area (Å²) in [5.41, 5.74) is 0.954. The molecule has 3 fully saturated rings. The van der Waals surface area contributed by atoms with E-state index >= 15 is 0 Å². The van der Waals surface area contributed by atoms with E-state index in [4.69, 9.17) is 4.74 Å². The zero-order valence-corrected chi connectivity index (χ0v) is 27.7. The highest BCUT2D eigenvalue weighted by atomic mass is 16.5. The van der Waals surface area contributed by atoms with Gasteiger partial charge in [0.2, 0.25) is 17.7 Å². The van der Waals surface area contributed by atoms with Crippen LogP contribution in [0.2, 0.25) is 0 Å². The molecule has 4 rings (SSSR count). The van der Waals surface area contributed by atoms with E-state index in [-0.39, 0.29) is 42.6 Å². The summed E-state index contributed by atoms with van der Waals surface area (Å²) in [7, 11) is 0. The van der Waals surface area contributed by atoms with Gasteiger partial charge in [0.15, 0.2) is 0 Å². The first-order valence-electron chi connectivity index (χ1n) is 17.5. The standard InChI is InChI=1S/C36H57N3O6/c1-25(2)20-32(40)35(43)31(22-27-10-6-4-7-11-27)39(26(3)29-12-8-5-9-13-29)36(44)30(21-28-14-15-28)23-33(41)37-24-34(42)38-16-18-45-19-17-38/h5,8-9,12-13,25-28,30-32,35,40,43H,4,6-7,10-11,14-24H2,1-3H3,(H,37,41)/t26-,30+,31-,32-,35+/m0/s1. The minimum atomic E-state index is -1.11. The number of aliphatic hydroxyl groups is 2. The summed E-state index contributed by atoms with van der Waals surface area (Å²) >= 11 is 0. The zero-order valence-electron chi connectivity index (χ0n) is 27.7. The van der Waals surface area contributed by atoms with Gasteiger partial charge >= 0.3 is 0 Å². The predicted octanol–water partition coefficient (Wildman–Crippen LogP) is 4.46. The fourth-order valence-corrected chi connectivity index (χ4v) is 7.23. The van der Waals surface area contributed by atoms with E-state index in [0.29, 0.717) is 57.4 Å². The summed E-state index contributed by atoms with van der Waals surface area (Å²) in [4.78, 5) is 44.3. The summed E-state index contributed by atoms with van der Waals surface area (Å²) < 4.78 is 5.33. The van der Waals surface area contributed by atoms with Crippen molar-refractivity contribution < 1.29 is 29.3 Å². The van der Waals surface area contributed by atoms with E-state index in [2.05, 4.69) is 5.32 Å². The predicted molar refractivity (Wildman–Crippen MR) is 174 cm³/mol. The van der Waals surface area contributed by atoms with Crippen LogP contribution in [0.4, 0.5) is 0 Å². The van der Waals surface area contributed by atoms with E-state index in [1.54, 1.807) is 4.90 Å². The van der Waals surface area contributed by atoms with Crippen molar-refractivity contribution in [1.82, 2.24) is 15.1 Å². The van der Waals surface area contributed by atoms with Crippen LogP contribution in [0.15, 0.2) is 30.3 Å². The Kier molecular flexibility index (Phi) is 13.7. The first kappa shape index (κ1) is 35.4. The van der Waals surface area contributed by atoms with Gasteiger partial charge in [-0.1, -0.05) is 89.1 Å². The normalized spacial score (nSPS) is 21.1. The molecule has 2 aliphatic carbocycles. The first-order valence-corrected chi connectivity index (χ1v) is 17.5. The average Bonchev–Trinajstić information content (AvgIpc) is 3.87. The Morgan fingerprint density at radius 3 is 2.20 bits per heavy atom. The van der Waals surface area contributed by atoms with Gasteiger partial charge in [0, 0.05) is 25.4 Å². The number of hydrogen-bond donors (Lipinski definition) is 3. The van der Waals surface area contributed by atoms with E-state index in [0.717, 1.165) is 44.1 Å². The van der Waals surface area contributed by atoms with Crippen LogP contribution in [0.25, 0.3) is 0 Å². The number of hydrogen-bond acceptors (Lipinski definition) is 6. The Hall–Kier alpha value is -2.49. The van der Waals surface area contributed by atoms with Crippen molar-refractivity contribution in [3.05, 3.63) is 35.9 Å². The molecule has 1 aromatic carbocycles. The number of carbonyl (C=O) groups is 3. The van der Waals surface area contributed by atoms with E-state index in [9.17, 15) is 24.6 Å². The topological polar surface area (TPSA) is 119 Å². The Bertz CT molecular complexity index is 1070. The number of aliphatic hydroxyl groups excluding tert-OH is 2. The number of rotatable bonds is 16. The van der Waals surface area contributed by atoms with E-state index < -0.39 is 24.2 Å². The number of amides is 3. The van der Waals surface area contributed by atoms with Crippen LogP contribution >= 0.6 is 0 Å². The van der Waals surface area contributed by atoms with Crippen LogP contribution in [0, 0.1) is 23.7 Å². The lowest BCUT2D eigenvalue weighted by atomic mass is 9.81. The molecule has 1 heterocycles. The smallest absolute Gasteiger partial charge is 0.242 e. The highest BCUT2D eigenvalue weighted by molar-refractivity contribution is 5.89. The maximum absolute atomic E-state index is 14.8. The monoisotopic (exact) mass is 627 g/mol. The van der Waals surface area contributed by atoms with Gasteiger partial charge in [0.25, 0.3) is 0 Å². The van der Waals surface area contributed by atoms with Crippen LogP contribution in [-0.4, -0.2) is 88.8 Å². The molecule has 0 spiro atoms. The summed E-state index contributed by atoms with van der Waals surface area (Å²) in [6, 6.07) is 8.91. The number of ether oxygens (including phenoxy) is 1. The van der Waals surface area contributed by atoms with Crippen LogP contribution < -0.4 is 5.32 Å². The molecule has 0 unspecified atom stereocenters. The number of nitrogens with one attached hydrogen (secondary N) is 1. The molecule has 252 valence electrons. The molecule has 9 heteroatoms. The van der Waals surface area contributed by atoms with Gasteiger partial charge in [0.1, 0.15) is 6.10 Å². The molecule has 9 nitrogen and oxygen atoms in total. The summed E-state index contributed by atoms with van der Waals surface area (Å²) in [5, 5.41) is 25.9. The molecule has 5 atom stereocenters. The van der Waals surface area contributed by atoms with Gasteiger partial charge in [-0.15, -0.1) is 0 Å². The Balaban J connectivity index is 1.59. The fraction of sp³-hybridized carbons (Fsp3) is 0.750. The van der Waals surface area contributed by atoms with Crippen LogP contribution in [0.5, 0.6) is 0 Å². The van der Waals surface area contributed by atoms with Gasteiger partial charge in [-0.25, -0.2) is 0 Å². The third-order valence-electron chi connectivity index (χ3n) is 10.0. The van der Waals surface area contributed by atoms with E-state index in [1.165, 1.54) is 6.42 Å². The molecule has 1 saturated heterocycles.